The molecule has 0 aromatic heterocycles. The quantitative estimate of drug-likeness (QED) is 0.505. The van der Waals surface area contributed by atoms with Crippen LogP contribution in [-0.2, 0) is 0 Å². The van der Waals surface area contributed by atoms with Gasteiger partial charge in [-0.1, -0.05) is 71.8 Å². The summed E-state index contributed by atoms with van der Waals surface area (Å²) < 4.78 is 0. The van der Waals surface area contributed by atoms with Crippen LogP contribution >= 0.6 is 0 Å². The molecule has 0 saturated heterocycles. The van der Waals surface area contributed by atoms with E-state index in [9.17, 15) is 5.21 Å². The van der Waals surface area contributed by atoms with Gasteiger partial charge in [0.1, 0.15) is 0 Å². The molecule has 0 heterocycles. The molecule has 0 amide bonds. The molecule has 1 atom stereocenters. The van der Waals surface area contributed by atoms with Crippen molar-refractivity contribution >= 4 is 11.4 Å². The second-order valence-electron chi connectivity index (χ2n) is 4.89. The highest BCUT2D eigenvalue weighted by Gasteiger charge is 2.17. The molecule has 108 valence electrons. The van der Waals surface area contributed by atoms with Crippen LogP contribution in [-0.4, -0.2) is 21.8 Å². The largest absolute Gasteiger partial charge is 0.411 e. The zero-order valence-corrected chi connectivity index (χ0v) is 12.1. The predicted octanol–water partition coefficient (Wildman–Crippen LogP) is 4.02. The third-order valence-corrected chi connectivity index (χ3v) is 3.59. The molecule has 2 N–H and O–H groups in total. The van der Waals surface area contributed by atoms with E-state index < -0.39 is 0 Å². The van der Waals surface area contributed by atoms with Crippen molar-refractivity contribution in [3.05, 3.63) is 60.2 Å². The molecule has 0 bridgehead atoms. The minimum absolute atomic E-state index is 0.262. The fourth-order valence-electron chi connectivity index (χ4n) is 2.14. The van der Waals surface area contributed by atoms with E-state index in [1.165, 1.54) is 0 Å². The van der Waals surface area contributed by atoms with E-state index in [0.717, 1.165) is 16.7 Å². The summed E-state index contributed by atoms with van der Waals surface area (Å²) in [4.78, 5) is 0. The molecular formula is C17H18N2O2. The van der Waals surface area contributed by atoms with Gasteiger partial charge in [-0.2, -0.15) is 0 Å². The summed E-state index contributed by atoms with van der Waals surface area (Å²) in [5.74, 6) is -0.262. The van der Waals surface area contributed by atoms with Gasteiger partial charge in [-0.15, -0.1) is 0 Å². The van der Waals surface area contributed by atoms with Crippen molar-refractivity contribution in [1.29, 1.82) is 0 Å². The molecule has 0 aliphatic heterocycles. The van der Waals surface area contributed by atoms with Gasteiger partial charge in [-0.3, -0.25) is 0 Å². The second kappa shape index (κ2) is 6.70. The van der Waals surface area contributed by atoms with Crippen molar-refractivity contribution in [3.63, 3.8) is 0 Å². The van der Waals surface area contributed by atoms with Gasteiger partial charge in [0.25, 0.3) is 0 Å². The first-order valence-corrected chi connectivity index (χ1v) is 6.73. The molecule has 2 rings (SSSR count). The molecule has 0 radical (unpaired) electrons. The van der Waals surface area contributed by atoms with E-state index in [0.29, 0.717) is 11.4 Å². The average molecular weight is 282 g/mol. The van der Waals surface area contributed by atoms with Gasteiger partial charge < -0.3 is 10.4 Å². The lowest BCUT2D eigenvalue weighted by atomic mass is 9.93. The number of hydrogen-bond donors (Lipinski definition) is 2. The van der Waals surface area contributed by atoms with Crippen LogP contribution in [0.4, 0.5) is 0 Å². The molecule has 2 aromatic rings. The Kier molecular flexibility index (Phi) is 4.72. The lowest BCUT2D eigenvalue weighted by Gasteiger charge is -2.12. The van der Waals surface area contributed by atoms with Crippen LogP contribution in [0.2, 0.25) is 0 Å². The zero-order valence-electron chi connectivity index (χ0n) is 12.1. The Morgan fingerprint density at radius 3 is 1.95 bits per heavy atom. The van der Waals surface area contributed by atoms with Crippen molar-refractivity contribution in [1.82, 2.24) is 0 Å². The Morgan fingerprint density at radius 1 is 0.857 bits per heavy atom. The molecule has 1 unspecified atom stereocenters. The average Bonchev–Trinajstić information content (AvgIpc) is 2.56. The maximum Gasteiger partial charge on any atom is 0.0953 e. The molecule has 21 heavy (non-hydrogen) atoms. The van der Waals surface area contributed by atoms with Crippen molar-refractivity contribution in [2.45, 2.75) is 13.8 Å². The van der Waals surface area contributed by atoms with Crippen LogP contribution in [0.25, 0.3) is 11.1 Å². The van der Waals surface area contributed by atoms with Crippen LogP contribution in [0.15, 0.2) is 64.9 Å². The number of nitrogens with zero attached hydrogens (tertiary/aromatic N) is 2. The number of oxime groups is 2. The minimum Gasteiger partial charge on any atom is -0.411 e. The van der Waals surface area contributed by atoms with Gasteiger partial charge in [0, 0.05) is 11.5 Å². The highest BCUT2D eigenvalue weighted by Crippen LogP contribution is 2.21. The molecular weight excluding hydrogens is 264 g/mol. The smallest absolute Gasteiger partial charge is 0.0953 e. The van der Waals surface area contributed by atoms with Gasteiger partial charge in [-0.25, -0.2) is 0 Å². The molecule has 0 aliphatic rings. The van der Waals surface area contributed by atoms with Gasteiger partial charge in [0.2, 0.25) is 0 Å². The molecule has 2 aromatic carbocycles. The number of benzene rings is 2. The first-order chi connectivity index (χ1) is 10.2. The van der Waals surface area contributed by atoms with E-state index in [2.05, 4.69) is 10.3 Å². The summed E-state index contributed by atoms with van der Waals surface area (Å²) in [5.41, 5.74) is 4.00. The van der Waals surface area contributed by atoms with Crippen molar-refractivity contribution in [3.8, 4) is 11.1 Å². The molecule has 4 nitrogen and oxygen atoms in total. The lowest BCUT2D eigenvalue weighted by molar-refractivity contribution is 0.312. The predicted molar refractivity (Wildman–Crippen MR) is 84.3 cm³/mol. The molecule has 4 heteroatoms. The fourth-order valence-corrected chi connectivity index (χ4v) is 2.14. The number of hydrogen-bond acceptors (Lipinski definition) is 4. The maximum atomic E-state index is 9.23. The Morgan fingerprint density at radius 2 is 1.43 bits per heavy atom. The van der Waals surface area contributed by atoms with Crippen LogP contribution in [0.5, 0.6) is 0 Å². The Balaban J connectivity index is 2.30. The summed E-state index contributed by atoms with van der Waals surface area (Å²) in [6.07, 6.45) is 0. The Bertz CT molecular complexity index is 646. The highest BCUT2D eigenvalue weighted by molar-refractivity contribution is 6.13. The minimum atomic E-state index is -0.262. The normalized spacial score (nSPS) is 14.0. The standard InChI is InChI=1S/C17H18N2O2/c1-12(13(2)18-20)17(19-21)16-10-8-15(9-11-16)14-6-4-3-5-7-14/h3-12,20-21H,1-2H3. The third kappa shape index (κ3) is 3.28. The zero-order chi connectivity index (χ0) is 15.2. The summed E-state index contributed by atoms with van der Waals surface area (Å²) in [6, 6.07) is 17.8. The van der Waals surface area contributed by atoms with Crippen molar-refractivity contribution < 1.29 is 10.4 Å². The summed E-state index contributed by atoms with van der Waals surface area (Å²) >= 11 is 0. The maximum absolute atomic E-state index is 9.23. The van der Waals surface area contributed by atoms with Crippen molar-refractivity contribution in [2.75, 3.05) is 0 Å². The molecule has 0 spiro atoms. The monoisotopic (exact) mass is 282 g/mol. The van der Waals surface area contributed by atoms with E-state index >= 15 is 0 Å². The first kappa shape index (κ1) is 14.8. The van der Waals surface area contributed by atoms with Crippen molar-refractivity contribution in [2.24, 2.45) is 16.2 Å². The second-order valence-corrected chi connectivity index (χ2v) is 4.89. The van der Waals surface area contributed by atoms with Crippen LogP contribution < -0.4 is 0 Å². The van der Waals surface area contributed by atoms with E-state index in [-0.39, 0.29) is 5.92 Å². The SMILES string of the molecule is CC(=NO)C(C)C(=NO)c1ccc(-c2ccccc2)cc1. The fraction of sp³-hybridized carbons (Fsp3) is 0.176. The molecule has 0 aliphatic carbocycles. The van der Waals surface area contributed by atoms with Gasteiger partial charge in [-0.05, 0) is 18.1 Å². The summed E-state index contributed by atoms with van der Waals surface area (Å²) in [7, 11) is 0. The highest BCUT2D eigenvalue weighted by atomic mass is 16.4. The van der Waals surface area contributed by atoms with Gasteiger partial charge in [0.15, 0.2) is 0 Å². The lowest BCUT2D eigenvalue weighted by Crippen LogP contribution is -2.20. The van der Waals surface area contributed by atoms with Gasteiger partial charge >= 0.3 is 0 Å². The van der Waals surface area contributed by atoms with E-state index in [1.54, 1.807) is 6.92 Å². The van der Waals surface area contributed by atoms with E-state index in [1.807, 2.05) is 61.5 Å². The molecule has 0 fully saturated rings. The first-order valence-electron chi connectivity index (χ1n) is 6.73. The van der Waals surface area contributed by atoms with Crippen LogP contribution in [0.1, 0.15) is 19.4 Å². The summed E-state index contributed by atoms with van der Waals surface area (Å²) in [5, 5.41) is 24.6. The summed E-state index contributed by atoms with van der Waals surface area (Å²) in [6.45, 7) is 3.52. The Hall–Kier alpha value is -2.62. The number of rotatable bonds is 4. The topological polar surface area (TPSA) is 65.2 Å². The van der Waals surface area contributed by atoms with E-state index in [4.69, 9.17) is 5.21 Å². The Labute approximate surface area is 124 Å². The van der Waals surface area contributed by atoms with Crippen LogP contribution in [0.3, 0.4) is 0 Å². The van der Waals surface area contributed by atoms with Gasteiger partial charge in [0.05, 0.1) is 11.4 Å². The third-order valence-electron chi connectivity index (χ3n) is 3.59. The van der Waals surface area contributed by atoms with Crippen LogP contribution in [0, 0.1) is 5.92 Å². The molecule has 0 saturated carbocycles.